The van der Waals surface area contributed by atoms with E-state index in [0.29, 0.717) is 0 Å². The Labute approximate surface area is 104 Å². The van der Waals surface area contributed by atoms with Crippen molar-refractivity contribution in [2.45, 2.75) is 0 Å². The van der Waals surface area contributed by atoms with Crippen LogP contribution in [0.25, 0.3) is 22.6 Å². The largest absolute Gasteiger partial charge is 0.477 e. The average Bonchev–Trinajstić information content (AvgIpc) is 2.99. The zero-order valence-electron chi connectivity index (χ0n) is 9.24. The summed E-state index contributed by atoms with van der Waals surface area (Å²) in [6, 6.07) is 2.28. The van der Waals surface area contributed by atoms with E-state index in [1.165, 1.54) is 12.4 Å². The molecule has 3 rings (SSSR count). The minimum Gasteiger partial charge on any atom is -0.477 e. The van der Waals surface area contributed by atoms with Gasteiger partial charge < -0.3 is 15.1 Å². The summed E-state index contributed by atoms with van der Waals surface area (Å²) < 4.78 is 26.6. The van der Waals surface area contributed by atoms with E-state index in [2.05, 4.69) is 19.9 Å². The third kappa shape index (κ3) is 1.65. The maximum absolute atomic E-state index is 13.5. The lowest BCUT2D eigenvalue weighted by Crippen LogP contribution is -1.99. The van der Waals surface area contributed by atoms with Crippen LogP contribution in [-0.4, -0.2) is 31.0 Å². The Morgan fingerprint density at radius 3 is 2.84 bits per heavy atom. The van der Waals surface area contributed by atoms with Crippen molar-refractivity contribution in [2.24, 2.45) is 0 Å². The third-order valence-electron chi connectivity index (χ3n) is 2.62. The first-order valence-electron chi connectivity index (χ1n) is 5.18. The molecule has 0 atom stereocenters. The number of hydrogen-bond donors (Lipinski definition) is 3. The van der Waals surface area contributed by atoms with Crippen molar-refractivity contribution in [3.8, 4) is 11.5 Å². The summed E-state index contributed by atoms with van der Waals surface area (Å²) in [7, 11) is 0. The molecule has 8 heteroatoms. The van der Waals surface area contributed by atoms with Crippen LogP contribution in [0.1, 0.15) is 10.5 Å². The number of aromatic carboxylic acids is 1. The predicted octanol–water partition coefficient (Wildman–Crippen LogP) is 1.93. The van der Waals surface area contributed by atoms with E-state index in [-0.39, 0.29) is 28.2 Å². The Morgan fingerprint density at radius 2 is 2.11 bits per heavy atom. The number of rotatable bonds is 2. The van der Waals surface area contributed by atoms with Gasteiger partial charge in [-0.1, -0.05) is 0 Å². The standard InChI is InChI=1S/C11H6F2N4O2/c12-4-1-2-5-7(6(4)13)17-10(16-5)8-9(11(18)19)15-3-14-8/h1-3H,(H,14,15)(H,16,17)(H,18,19). The molecule has 3 N–H and O–H groups in total. The van der Waals surface area contributed by atoms with Crippen molar-refractivity contribution < 1.29 is 18.7 Å². The van der Waals surface area contributed by atoms with Gasteiger partial charge in [0.15, 0.2) is 23.2 Å². The fraction of sp³-hybridized carbons (Fsp3) is 0. The smallest absolute Gasteiger partial charge is 0.354 e. The highest BCUT2D eigenvalue weighted by Gasteiger charge is 2.19. The molecule has 0 amide bonds. The molecule has 0 radical (unpaired) electrons. The van der Waals surface area contributed by atoms with Gasteiger partial charge in [0.1, 0.15) is 11.2 Å². The van der Waals surface area contributed by atoms with Crippen molar-refractivity contribution in [1.82, 2.24) is 19.9 Å². The second kappa shape index (κ2) is 3.87. The van der Waals surface area contributed by atoms with Crippen LogP contribution in [0, 0.1) is 11.6 Å². The van der Waals surface area contributed by atoms with Crippen molar-refractivity contribution >= 4 is 17.0 Å². The summed E-state index contributed by atoms with van der Waals surface area (Å²) in [5.41, 5.74) is -0.0916. The Kier molecular flexibility index (Phi) is 2.31. The fourth-order valence-corrected chi connectivity index (χ4v) is 1.77. The zero-order chi connectivity index (χ0) is 13.6. The second-order valence-corrected chi connectivity index (χ2v) is 3.77. The summed E-state index contributed by atoms with van der Waals surface area (Å²) in [6.45, 7) is 0. The van der Waals surface area contributed by atoms with Crippen LogP contribution >= 0.6 is 0 Å². The van der Waals surface area contributed by atoms with Gasteiger partial charge >= 0.3 is 5.97 Å². The van der Waals surface area contributed by atoms with Crippen LogP contribution in [-0.2, 0) is 0 Å². The second-order valence-electron chi connectivity index (χ2n) is 3.77. The molecule has 0 saturated heterocycles. The molecule has 6 nitrogen and oxygen atoms in total. The van der Waals surface area contributed by atoms with Crippen LogP contribution in [0.4, 0.5) is 8.78 Å². The Hall–Kier alpha value is -2.77. The topological polar surface area (TPSA) is 94.7 Å². The van der Waals surface area contributed by atoms with E-state index >= 15 is 0 Å². The van der Waals surface area contributed by atoms with Gasteiger partial charge in [-0.05, 0) is 12.1 Å². The van der Waals surface area contributed by atoms with E-state index in [1.807, 2.05) is 0 Å². The lowest BCUT2D eigenvalue weighted by atomic mass is 10.3. The van der Waals surface area contributed by atoms with E-state index in [4.69, 9.17) is 5.11 Å². The van der Waals surface area contributed by atoms with E-state index in [1.54, 1.807) is 0 Å². The molecule has 0 aliphatic carbocycles. The van der Waals surface area contributed by atoms with Crippen molar-refractivity contribution in [3.63, 3.8) is 0 Å². The third-order valence-corrected chi connectivity index (χ3v) is 2.62. The molecule has 0 aliphatic heterocycles. The fourth-order valence-electron chi connectivity index (χ4n) is 1.77. The molecule has 0 bridgehead atoms. The number of H-pyrrole nitrogens is 2. The molecular formula is C11H6F2N4O2. The van der Waals surface area contributed by atoms with Crippen LogP contribution < -0.4 is 0 Å². The predicted molar refractivity (Wildman–Crippen MR) is 60.6 cm³/mol. The molecule has 0 fully saturated rings. The Morgan fingerprint density at radius 1 is 1.32 bits per heavy atom. The monoisotopic (exact) mass is 264 g/mol. The van der Waals surface area contributed by atoms with Crippen LogP contribution in [0.15, 0.2) is 18.5 Å². The van der Waals surface area contributed by atoms with Crippen molar-refractivity contribution in [1.29, 1.82) is 0 Å². The highest BCUT2D eigenvalue weighted by atomic mass is 19.2. The Bertz CT molecular complexity index is 793. The van der Waals surface area contributed by atoms with Gasteiger partial charge in [-0.25, -0.2) is 23.5 Å². The van der Waals surface area contributed by atoms with Gasteiger partial charge in [-0.2, -0.15) is 0 Å². The molecule has 0 spiro atoms. The van der Waals surface area contributed by atoms with Gasteiger partial charge in [0.2, 0.25) is 0 Å². The SMILES string of the molecule is O=C(O)c1[nH]cnc1-c1nc2c(F)c(F)ccc2[nH]1. The number of fused-ring (bicyclic) bond motifs is 1. The molecule has 19 heavy (non-hydrogen) atoms. The number of benzene rings is 1. The van der Waals surface area contributed by atoms with Gasteiger partial charge in [-0.15, -0.1) is 0 Å². The highest BCUT2D eigenvalue weighted by Crippen LogP contribution is 2.24. The number of carbonyl (C=O) groups is 1. The van der Waals surface area contributed by atoms with Gasteiger partial charge in [-0.3, -0.25) is 0 Å². The number of carboxylic acid groups (broad SMARTS) is 1. The number of nitrogens with one attached hydrogen (secondary N) is 2. The number of aromatic nitrogens is 4. The normalized spacial score (nSPS) is 11.1. The molecule has 3 aromatic rings. The quantitative estimate of drug-likeness (QED) is 0.659. The maximum atomic E-state index is 13.5. The molecule has 2 heterocycles. The first-order valence-corrected chi connectivity index (χ1v) is 5.18. The highest BCUT2D eigenvalue weighted by molar-refractivity contribution is 5.92. The van der Waals surface area contributed by atoms with Gasteiger partial charge in [0.25, 0.3) is 0 Å². The number of halogens is 2. The summed E-state index contributed by atoms with van der Waals surface area (Å²) in [5, 5.41) is 8.94. The number of carboxylic acids is 1. The summed E-state index contributed by atoms with van der Waals surface area (Å²) in [5.74, 6) is -3.28. The first kappa shape index (κ1) is 11.3. The van der Waals surface area contributed by atoms with Gasteiger partial charge in [0.05, 0.1) is 11.8 Å². The molecule has 0 saturated carbocycles. The van der Waals surface area contributed by atoms with Crippen LogP contribution in [0.2, 0.25) is 0 Å². The number of imidazole rings is 2. The summed E-state index contributed by atoms with van der Waals surface area (Å²) >= 11 is 0. The minimum absolute atomic E-state index is 0.0310. The summed E-state index contributed by atoms with van der Waals surface area (Å²) in [4.78, 5) is 23.7. The zero-order valence-corrected chi connectivity index (χ0v) is 9.24. The van der Waals surface area contributed by atoms with E-state index in [9.17, 15) is 13.6 Å². The Balaban J connectivity index is 2.24. The minimum atomic E-state index is -1.22. The van der Waals surface area contributed by atoms with E-state index in [0.717, 1.165) is 6.07 Å². The number of hydrogen-bond acceptors (Lipinski definition) is 3. The van der Waals surface area contributed by atoms with Crippen LogP contribution in [0.5, 0.6) is 0 Å². The summed E-state index contributed by atoms with van der Waals surface area (Å²) in [6.07, 6.45) is 1.18. The molecule has 96 valence electrons. The molecule has 0 aliphatic rings. The van der Waals surface area contributed by atoms with Crippen molar-refractivity contribution in [2.75, 3.05) is 0 Å². The lowest BCUT2D eigenvalue weighted by molar-refractivity contribution is 0.0692. The average molecular weight is 264 g/mol. The lowest BCUT2D eigenvalue weighted by Gasteiger charge is -1.92. The number of aromatic amines is 2. The molecular weight excluding hydrogens is 258 g/mol. The molecule has 1 aromatic carbocycles. The first-order chi connectivity index (χ1) is 9.08. The van der Waals surface area contributed by atoms with Crippen LogP contribution in [0.3, 0.4) is 0 Å². The van der Waals surface area contributed by atoms with Gasteiger partial charge in [0, 0.05) is 0 Å². The van der Waals surface area contributed by atoms with Crippen molar-refractivity contribution in [3.05, 3.63) is 35.8 Å². The number of nitrogens with zero attached hydrogens (tertiary/aromatic N) is 2. The molecule has 0 unspecified atom stereocenters. The maximum Gasteiger partial charge on any atom is 0.354 e. The van der Waals surface area contributed by atoms with E-state index < -0.39 is 17.6 Å². The molecule has 2 aromatic heterocycles.